The highest BCUT2D eigenvalue weighted by molar-refractivity contribution is 6.32. The fourth-order valence-electron chi connectivity index (χ4n) is 1.83. The van der Waals surface area contributed by atoms with Gasteiger partial charge in [-0.2, -0.15) is 0 Å². The minimum atomic E-state index is -0.0555. The molecule has 0 bridgehead atoms. The zero-order valence-electron chi connectivity index (χ0n) is 11.2. The summed E-state index contributed by atoms with van der Waals surface area (Å²) < 4.78 is 5.37. The second-order valence-corrected chi connectivity index (χ2v) is 4.31. The summed E-state index contributed by atoms with van der Waals surface area (Å²) in [6, 6.07) is 4.00. The van der Waals surface area contributed by atoms with E-state index in [1.54, 1.807) is 7.11 Å². The molecule has 1 aromatic rings. The van der Waals surface area contributed by atoms with Crippen molar-refractivity contribution < 1.29 is 9.84 Å². The maximum absolute atomic E-state index is 8.84. The molecule has 0 aliphatic carbocycles. The number of nitrogens with one attached hydrogen (secondary N) is 1. The summed E-state index contributed by atoms with van der Waals surface area (Å²) in [7, 11) is 1.61. The summed E-state index contributed by atoms with van der Waals surface area (Å²) in [6.07, 6.45) is 0.918. The highest BCUT2D eigenvalue weighted by atomic mass is 35.5. The van der Waals surface area contributed by atoms with Gasteiger partial charge in [-0.3, -0.25) is 5.32 Å². The average molecular weight is 273 g/mol. The van der Waals surface area contributed by atoms with Gasteiger partial charge in [-0.05, 0) is 31.0 Å². The topological polar surface area (TPSA) is 44.7 Å². The fourth-order valence-corrected chi connectivity index (χ4v) is 2.14. The van der Waals surface area contributed by atoms with E-state index in [-0.39, 0.29) is 6.73 Å². The van der Waals surface area contributed by atoms with Crippen molar-refractivity contribution in [3.8, 4) is 5.75 Å². The third kappa shape index (κ3) is 3.51. The van der Waals surface area contributed by atoms with Crippen LogP contribution in [-0.2, 0) is 6.42 Å². The monoisotopic (exact) mass is 272 g/mol. The lowest BCUT2D eigenvalue weighted by atomic mass is 10.1. The highest BCUT2D eigenvalue weighted by Crippen LogP contribution is 2.36. The van der Waals surface area contributed by atoms with Crippen molar-refractivity contribution in [2.75, 3.05) is 32.0 Å². The maximum Gasteiger partial charge on any atom is 0.160 e. The molecule has 18 heavy (non-hydrogen) atoms. The molecule has 0 aliphatic heterocycles. The molecule has 0 aliphatic rings. The second kappa shape index (κ2) is 7.46. The molecule has 0 spiro atoms. The summed E-state index contributed by atoms with van der Waals surface area (Å²) in [5, 5.41) is 12.4. The Morgan fingerprint density at radius 2 is 2.11 bits per heavy atom. The molecular weight excluding hydrogens is 252 g/mol. The van der Waals surface area contributed by atoms with E-state index >= 15 is 0 Å². The molecule has 2 N–H and O–H groups in total. The summed E-state index contributed by atoms with van der Waals surface area (Å²) in [5.41, 5.74) is 2.11. The molecule has 0 fully saturated rings. The Labute approximate surface area is 114 Å². The van der Waals surface area contributed by atoms with Crippen molar-refractivity contribution in [1.29, 1.82) is 0 Å². The number of hydrogen-bond acceptors (Lipinski definition) is 4. The number of anilines is 1. The number of rotatable bonds is 7. The lowest BCUT2D eigenvalue weighted by Crippen LogP contribution is -2.34. The molecular formula is C13H21ClN2O2. The Bertz CT molecular complexity index is 385. The van der Waals surface area contributed by atoms with E-state index in [9.17, 15) is 0 Å². The molecule has 1 rings (SSSR count). The SMILES string of the molecule is CCc1cc(Cl)c(OC)c(N(CC)CNCO)c1. The van der Waals surface area contributed by atoms with Gasteiger partial charge in [0.1, 0.15) is 0 Å². The molecule has 1 aromatic carbocycles. The number of ether oxygens (including phenoxy) is 1. The van der Waals surface area contributed by atoms with Crippen molar-refractivity contribution in [2.45, 2.75) is 20.3 Å². The standard InChI is InChI=1S/C13H21ClN2O2/c1-4-10-6-11(14)13(18-3)12(7-10)16(5-2)8-15-9-17/h6-7,15,17H,4-5,8-9H2,1-3H3. The maximum atomic E-state index is 8.84. The van der Waals surface area contributed by atoms with E-state index in [0.717, 1.165) is 18.7 Å². The van der Waals surface area contributed by atoms with Gasteiger partial charge in [-0.15, -0.1) is 0 Å². The fraction of sp³-hybridized carbons (Fsp3) is 0.538. The molecule has 4 nitrogen and oxygen atoms in total. The lowest BCUT2D eigenvalue weighted by molar-refractivity contribution is 0.261. The molecule has 0 aromatic heterocycles. The van der Waals surface area contributed by atoms with E-state index in [1.807, 2.05) is 13.0 Å². The number of aliphatic hydroxyl groups is 1. The first kappa shape index (κ1) is 15.1. The zero-order chi connectivity index (χ0) is 13.5. The summed E-state index contributed by atoms with van der Waals surface area (Å²) in [5.74, 6) is 0.676. The number of aliphatic hydroxyl groups excluding tert-OH is 1. The first-order valence-electron chi connectivity index (χ1n) is 6.10. The van der Waals surface area contributed by atoms with Crippen LogP contribution in [0.2, 0.25) is 5.02 Å². The van der Waals surface area contributed by atoms with Crippen LogP contribution in [0.4, 0.5) is 5.69 Å². The smallest absolute Gasteiger partial charge is 0.160 e. The van der Waals surface area contributed by atoms with Gasteiger partial charge >= 0.3 is 0 Å². The Morgan fingerprint density at radius 3 is 2.61 bits per heavy atom. The van der Waals surface area contributed by atoms with Crippen LogP contribution in [0.15, 0.2) is 12.1 Å². The minimum absolute atomic E-state index is 0.0555. The Balaban J connectivity index is 3.12. The molecule has 0 amide bonds. The number of aryl methyl sites for hydroxylation is 1. The third-order valence-electron chi connectivity index (χ3n) is 2.83. The van der Waals surface area contributed by atoms with Crippen LogP contribution < -0.4 is 15.0 Å². The van der Waals surface area contributed by atoms with E-state index in [4.69, 9.17) is 21.4 Å². The van der Waals surface area contributed by atoms with Crippen molar-refractivity contribution in [1.82, 2.24) is 5.32 Å². The van der Waals surface area contributed by atoms with Crippen LogP contribution in [0, 0.1) is 0 Å². The van der Waals surface area contributed by atoms with Gasteiger partial charge in [-0.1, -0.05) is 18.5 Å². The van der Waals surface area contributed by atoms with Gasteiger partial charge in [-0.25, -0.2) is 0 Å². The molecule has 0 atom stereocenters. The second-order valence-electron chi connectivity index (χ2n) is 3.91. The predicted octanol–water partition coefficient (Wildman–Crippen LogP) is 2.23. The number of halogens is 1. The number of methoxy groups -OCH3 is 1. The number of benzene rings is 1. The first-order chi connectivity index (χ1) is 8.67. The van der Waals surface area contributed by atoms with Crippen molar-refractivity contribution in [3.63, 3.8) is 0 Å². The quantitative estimate of drug-likeness (QED) is 0.747. The summed E-state index contributed by atoms with van der Waals surface area (Å²) in [6.45, 7) is 5.43. The van der Waals surface area contributed by atoms with Crippen LogP contribution in [0.5, 0.6) is 5.75 Å². The van der Waals surface area contributed by atoms with Crippen LogP contribution in [-0.4, -0.2) is 32.2 Å². The molecule has 0 radical (unpaired) electrons. The van der Waals surface area contributed by atoms with E-state index in [1.165, 1.54) is 5.56 Å². The number of nitrogens with zero attached hydrogens (tertiary/aromatic N) is 1. The summed E-state index contributed by atoms with van der Waals surface area (Å²) >= 11 is 6.23. The highest BCUT2D eigenvalue weighted by Gasteiger charge is 2.14. The minimum Gasteiger partial charge on any atom is -0.493 e. The van der Waals surface area contributed by atoms with Crippen LogP contribution in [0.3, 0.4) is 0 Å². The Kier molecular flexibility index (Phi) is 6.25. The van der Waals surface area contributed by atoms with Gasteiger partial charge in [0, 0.05) is 6.54 Å². The number of hydrogen-bond donors (Lipinski definition) is 2. The Morgan fingerprint density at radius 1 is 1.39 bits per heavy atom. The van der Waals surface area contributed by atoms with Crippen molar-refractivity contribution in [3.05, 3.63) is 22.7 Å². The van der Waals surface area contributed by atoms with Gasteiger partial charge in [0.15, 0.2) is 5.75 Å². The van der Waals surface area contributed by atoms with Crippen LogP contribution in [0.25, 0.3) is 0 Å². The molecule has 0 saturated carbocycles. The zero-order valence-corrected chi connectivity index (χ0v) is 11.9. The van der Waals surface area contributed by atoms with Gasteiger partial charge in [0.2, 0.25) is 0 Å². The van der Waals surface area contributed by atoms with E-state index < -0.39 is 0 Å². The summed E-state index contributed by atoms with van der Waals surface area (Å²) in [4.78, 5) is 2.07. The normalized spacial score (nSPS) is 10.5. The van der Waals surface area contributed by atoms with E-state index in [0.29, 0.717) is 17.4 Å². The van der Waals surface area contributed by atoms with Crippen molar-refractivity contribution in [2.24, 2.45) is 0 Å². The Hall–Kier alpha value is -0.970. The largest absolute Gasteiger partial charge is 0.493 e. The molecule has 0 unspecified atom stereocenters. The first-order valence-corrected chi connectivity index (χ1v) is 6.48. The van der Waals surface area contributed by atoms with Gasteiger partial charge in [0.25, 0.3) is 0 Å². The van der Waals surface area contributed by atoms with E-state index in [2.05, 4.69) is 23.2 Å². The lowest BCUT2D eigenvalue weighted by Gasteiger charge is -2.26. The van der Waals surface area contributed by atoms with Crippen molar-refractivity contribution >= 4 is 17.3 Å². The van der Waals surface area contributed by atoms with Gasteiger partial charge < -0.3 is 14.7 Å². The van der Waals surface area contributed by atoms with Crippen LogP contribution in [0.1, 0.15) is 19.4 Å². The molecule has 0 saturated heterocycles. The molecule has 102 valence electrons. The predicted molar refractivity (Wildman–Crippen MR) is 75.5 cm³/mol. The van der Waals surface area contributed by atoms with Crippen LogP contribution >= 0.6 is 11.6 Å². The van der Waals surface area contributed by atoms with Gasteiger partial charge in [0.05, 0.1) is 31.2 Å². The molecule has 5 heteroatoms. The average Bonchev–Trinajstić information content (AvgIpc) is 2.39. The molecule has 0 heterocycles. The third-order valence-corrected chi connectivity index (χ3v) is 3.11.